The topological polar surface area (TPSA) is 34.1 Å². The Kier molecular flexibility index (Phi) is 3.53. The molecule has 2 aromatic heterocycles. The summed E-state index contributed by atoms with van der Waals surface area (Å²) in [6.45, 7) is 0. The summed E-state index contributed by atoms with van der Waals surface area (Å²) >= 11 is 1.75. The Morgan fingerprint density at radius 2 is 2.42 bits per heavy atom. The number of ether oxygens (including phenoxy) is 1. The highest BCUT2D eigenvalue weighted by Crippen LogP contribution is 2.42. The smallest absolute Gasteiger partial charge is 0.129 e. The van der Waals surface area contributed by atoms with E-state index in [0.717, 1.165) is 18.6 Å². The number of hydrogen-bond acceptors (Lipinski definition) is 4. The number of nitrogens with one attached hydrogen (secondary N) is 1. The zero-order valence-corrected chi connectivity index (χ0v) is 12.0. The van der Waals surface area contributed by atoms with Crippen LogP contribution in [0.4, 0.5) is 0 Å². The predicted molar refractivity (Wildman–Crippen MR) is 78.0 cm³/mol. The lowest BCUT2D eigenvalue weighted by molar-refractivity contribution is 0.414. The average molecular weight is 274 g/mol. The van der Waals surface area contributed by atoms with Crippen molar-refractivity contribution < 1.29 is 4.74 Å². The van der Waals surface area contributed by atoms with Crippen LogP contribution in [0.3, 0.4) is 0 Å². The lowest BCUT2D eigenvalue weighted by Gasteiger charge is -2.22. The summed E-state index contributed by atoms with van der Waals surface area (Å²) in [4.78, 5) is 5.92. The quantitative estimate of drug-likeness (QED) is 0.930. The monoisotopic (exact) mass is 274 g/mol. The van der Waals surface area contributed by atoms with Gasteiger partial charge in [-0.1, -0.05) is 6.07 Å². The number of aryl methyl sites for hydroxylation is 1. The van der Waals surface area contributed by atoms with Crippen molar-refractivity contribution in [1.82, 2.24) is 10.3 Å². The lowest BCUT2D eigenvalue weighted by atomic mass is 9.95. The van der Waals surface area contributed by atoms with E-state index in [2.05, 4.69) is 27.8 Å². The second-order valence-electron chi connectivity index (χ2n) is 4.85. The van der Waals surface area contributed by atoms with Gasteiger partial charge in [-0.05, 0) is 37.6 Å². The van der Waals surface area contributed by atoms with Gasteiger partial charge in [-0.15, -0.1) is 11.3 Å². The van der Waals surface area contributed by atoms with Crippen LogP contribution in [-0.2, 0) is 6.42 Å². The van der Waals surface area contributed by atoms with Crippen LogP contribution in [0.2, 0.25) is 0 Å². The van der Waals surface area contributed by atoms with E-state index in [0.29, 0.717) is 12.0 Å². The molecule has 2 unspecified atom stereocenters. The molecule has 0 spiro atoms. The van der Waals surface area contributed by atoms with Crippen molar-refractivity contribution in [3.8, 4) is 5.75 Å². The molecule has 4 heteroatoms. The van der Waals surface area contributed by atoms with Gasteiger partial charge in [-0.2, -0.15) is 0 Å². The summed E-state index contributed by atoms with van der Waals surface area (Å²) in [7, 11) is 3.74. The minimum Gasteiger partial charge on any atom is -0.496 e. The fourth-order valence-electron chi connectivity index (χ4n) is 2.91. The van der Waals surface area contributed by atoms with Gasteiger partial charge in [0.2, 0.25) is 0 Å². The van der Waals surface area contributed by atoms with E-state index in [-0.39, 0.29) is 0 Å². The molecule has 1 aliphatic carbocycles. The van der Waals surface area contributed by atoms with Crippen LogP contribution >= 0.6 is 11.3 Å². The number of thiophene rings is 1. The second-order valence-corrected chi connectivity index (χ2v) is 5.79. The van der Waals surface area contributed by atoms with Gasteiger partial charge in [0.25, 0.3) is 0 Å². The normalized spacial score (nSPS) is 19.2. The largest absolute Gasteiger partial charge is 0.496 e. The number of nitrogens with zero attached hydrogens (tertiary/aromatic N) is 1. The number of fused-ring (bicyclic) bond motifs is 1. The second kappa shape index (κ2) is 5.31. The van der Waals surface area contributed by atoms with Gasteiger partial charge < -0.3 is 10.1 Å². The highest BCUT2D eigenvalue weighted by atomic mass is 32.1. The van der Waals surface area contributed by atoms with Gasteiger partial charge in [0.1, 0.15) is 5.75 Å². The Labute approximate surface area is 117 Å². The van der Waals surface area contributed by atoms with Crippen LogP contribution in [0.1, 0.15) is 34.5 Å². The van der Waals surface area contributed by atoms with Crippen LogP contribution in [0.25, 0.3) is 0 Å². The van der Waals surface area contributed by atoms with Crippen molar-refractivity contribution in [1.29, 1.82) is 0 Å². The number of likely N-dealkylation sites (N-methyl/N-ethyl adjacent to an activating group) is 1. The molecule has 2 atom stereocenters. The van der Waals surface area contributed by atoms with E-state index in [1.807, 2.05) is 19.3 Å². The molecule has 0 fully saturated rings. The van der Waals surface area contributed by atoms with Crippen LogP contribution in [0.5, 0.6) is 5.75 Å². The Balaban J connectivity index is 1.91. The average Bonchev–Trinajstić information content (AvgIpc) is 3.07. The van der Waals surface area contributed by atoms with Crippen molar-refractivity contribution in [2.45, 2.75) is 24.8 Å². The molecule has 0 aliphatic heterocycles. The van der Waals surface area contributed by atoms with Gasteiger partial charge in [-0.3, -0.25) is 4.98 Å². The fourth-order valence-corrected chi connectivity index (χ4v) is 3.94. The zero-order valence-electron chi connectivity index (χ0n) is 11.2. The maximum atomic E-state index is 5.29. The first-order valence-electron chi connectivity index (χ1n) is 6.57. The molecular formula is C15H18N2OS. The van der Waals surface area contributed by atoms with Crippen LogP contribution < -0.4 is 10.1 Å². The highest BCUT2D eigenvalue weighted by molar-refractivity contribution is 7.10. The number of pyridine rings is 1. The van der Waals surface area contributed by atoms with Crippen molar-refractivity contribution in [3.05, 3.63) is 45.9 Å². The molecule has 2 aromatic rings. The molecule has 0 aromatic carbocycles. The highest BCUT2D eigenvalue weighted by Gasteiger charge is 2.31. The van der Waals surface area contributed by atoms with E-state index in [1.165, 1.54) is 16.1 Å². The Morgan fingerprint density at radius 1 is 1.53 bits per heavy atom. The zero-order chi connectivity index (χ0) is 13.2. The van der Waals surface area contributed by atoms with Crippen LogP contribution in [0, 0.1) is 0 Å². The maximum absolute atomic E-state index is 5.29. The lowest BCUT2D eigenvalue weighted by Crippen LogP contribution is -2.22. The third-order valence-corrected chi connectivity index (χ3v) is 4.85. The van der Waals surface area contributed by atoms with Crippen molar-refractivity contribution >= 4 is 11.3 Å². The van der Waals surface area contributed by atoms with E-state index in [9.17, 15) is 0 Å². The van der Waals surface area contributed by atoms with Gasteiger partial charge in [0.15, 0.2) is 0 Å². The van der Waals surface area contributed by atoms with E-state index in [1.54, 1.807) is 18.4 Å². The van der Waals surface area contributed by atoms with Crippen molar-refractivity contribution in [2.75, 3.05) is 14.2 Å². The molecular weight excluding hydrogens is 256 g/mol. The standard InChI is InChI=1S/C15H18N2OS/c1-16-15(13-8-11(18-2)9-19-13)12-6-5-10-4-3-7-17-14(10)12/h3-4,7-9,12,15-16H,5-6H2,1-2H3. The first-order valence-corrected chi connectivity index (χ1v) is 7.45. The molecule has 0 saturated heterocycles. The van der Waals surface area contributed by atoms with Crippen LogP contribution in [-0.4, -0.2) is 19.1 Å². The van der Waals surface area contributed by atoms with Crippen molar-refractivity contribution in [3.63, 3.8) is 0 Å². The summed E-state index contributed by atoms with van der Waals surface area (Å²) in [6, 6.07) is 6.69. The summed E-state index contributed by atoms with van der Waals surface area (Å²) < 4.78 is 5.29. The van der Waals surface area contributed by atoms with Gasteiger partial charge in [0.05, 0.1) is 7.11 Å². The predicted octanol–water partition coefficient (Wildman–Crippen LogP) is 3.14. The Hall–Kier alpha value is -1.39. The number of rotatable bonds is 4. The molecule has 1 N–H and O–H groups in total. The molecule has 0 radical (unpaired) electrons. The molecule has 3 rings (SSSR count). The van der Waals surface area contributed by atoms with Gasteiger partial charge in [-0.25, -0.2) is 0 Å². The van der Waals surface area contributed by atoms with E-state index >= 15 is 0 Å². The molecule has 1 aliphatic rings. The molecule has 2 heterocycles. The molecule has 0 bridgehead atoms. The molecule has 0 saturated carbocycles. The Bertz CT molecular complexity index is 567. The molecule has 100 valence electrons. The third kappa shape index (κ3) is 2.26. The van der Waals surface area contributed by atoms with Gasteiger partial charge in [0, 0.05) is 34.1 Å². The summed E-state index contributed by atoms with van der Waals surface area (Å²) in [6.07, 6.45) is 4.20. The SMILES string of the molecule is CNC(c1cc(OC)cs1)C1CCc2cccnc21. The van der Waals surface area contributed by atoms with E-state index in [4.69, 9.17) is 4.74 Å². The molecule has 0 amide bonds. The molecule has 3 nitrogen and oxygen atoms in total. The fraction of sp³-hybridized carbons (Fsp3) is 0.400. The first kappa shape index (κ1) is 12.6. The van der Waals surface area contributed by atoms with Gasteiger partial charge >= 0.3 is 0 Å². The first-order chi connectivity index (χ1) is 9.33. The third-order valence-electron chi connectivity index (χ3n) is 3.85. The minimum absolute atomic E-state index is 0.324. The van der Waals surface area contributed by atoms with E-state index < -0.39 is 0 Å². The number of aromatic nitrogens is 1. The summed E-state index contributed by atoms with van der Waals surface area (Å²) in [5.41, 5.74) is 2.66. The van der Waals surface area contributed by atoms with Crippen molar-refractivity contribution in [2.24, 2.45) is 0 Å². The number of methoxy groups -OCH3 is 1. The van der Waals surface area contributed by atoms with Crippen LogP contribution in [0.15, 0.2) is 29.8 Å². The minimum atomic E-state index is 0.324. The Morgan fingerprint density at radius 3 is 3.16 bits per heavy atom. The number of hydrogen-bond donors (Lipinski definition) is 1. The summed E-state index contributed by atoms with van der Waals surface area (Å²) in [5.74, 6) is 1.41. The molecule has 19 heavy (non-hydrogen) atoms. The summed E-state index contributed by atoms with van der Waals surface area (Å²) in [5, 5.41) is 5.52. The maximum Gasteiger partial charge on any atom is 0.129 e.